The minimum absolute atomic E-state index is 0.153. The normalized spacial score (nSPS) is 10.9. The fourth-order valence-electron chi connectivity index (χ4n) is 2.61. The van der Waals surface area contributed by atoms with Crippen molar-refractivity contribution in [1.29, 1.82) is 0 Å². The summed E-state index contributed by atoms with van der Waals surface area (Å²) in [6.45, 7) is 0. The van der Waals surface area contributed by atoms with E-state index in [2.05, 4.69) is 19.8 Å². The van der Waals surface area contributed by atoms with Gasteiger partial charge < -0.3 is 18.8 Å². The Morgan fingerprint density at radius 2 is 1.34 bits per heavy atom. The van der Waals surface area contributed by atoms with Crippen molar-refractivity contribution in [3.63, 3.8) is 0 Å². The number of hydrogen-bond donors (Lipinski definition) is 0. The maximum atomic E-state index is 13.1. The molecule has 0 aliphatic heterocycles. The highest BCUT2D eigenvalue weighted by Crippen LogP contribution is 2.20. The number of ether oxygens (including phenoxy) is 2. The van der Waals surface area contributed by atoms with Gasteiger partial charge in [-0.15, -0.1) is 0 Å². The number of rotatable bonds is 7. The largest absolute Gasteiger partial charge is 0.465 e. The van der Waals surface area contributed by atoms with Crippen molar-refractivity contribution in [2.24, 2.45) is 5.16 Å². The number of carbonyl (C=O) groups is 4. The number of nitrogens with zero attached hydrogens (tertiary/aromatic N) is 2. The van der Waals surface area contributed by atoms with E-state index in [0.717, 1.165) is 14.2 Å². The van der Waals surface area contributed by atoms with Crippen molar-refractivity contribution in [2.45, 2.75) is 0 Å². The molecule has 0 fully saturated rings. The molecule has 0 unspecified atom stereocenters. The van der Waals surface area contributed by atoms with E-state index < -0.39 is 46.4 Å². The van der Waals surface area contributed by atoms with Crippen molar-refractivity contribution in [3.05, 3.63) is 88.8 Å². The standard InChI is InChI=1S/C22H16N2O8/c1-29-21(27)15-16(23-31-19(15)22(28)30-2)17(18(25)13-9-5-3-6-10-13)24-32-20(26)14-11-7-4-8-12-14/h3-12H,1-2H3/b24-17+. The summed E-state index contributed by atoms with van der Waals surface area (Å²) in [4.78, 5) is 54.8. The maximum Gasteiger partial charge on any atom is 0.377 e. The molecule has 0 spiro atoms. The van der Waals surface area contributed by atoms with Crippen molar-refractivity contribution in [2.75, 3.05) is 14.2 Å². The van der Waals surface area contributed by atoms with Gasteiger partial charge in [0.05, 0.1) is 19.8 Å². The number of Topliss-reactive ketones (excluding diaryl/α,β-unsaturated/α-hetero) is 1. The summed E-state index contributed by atoms with van der Waals surface area (Å²) in [5.74, 6) is -4.28. The first-order valence-electron chi connectivity index (χ1n) is 9.08. The van der Waals surface area contributed by atoms with Crippen LogP contribution in [-0.2, 0) is 14.3 Å². The Hall–Kier alpha value is -4.60. The van der Waals surface area contributed by atoms with E-state index in [1.165, 1.54) is 24.3 Å². The second-order valence-corrected chi connectivity index (χ2v) is 6.10. The Morgan fingerprint density at radius 3 is 1.91 bits per heavy atom. The van der Waals surface area contributed by atoms with Gasteiger partial charge in [0.1, 0.15) is 5.56 Å². The van der Waals surface area contributed by atoms with Crippen LogP contribution >= 0.6 is 0 Å². The van der Waals surface area contributed by atoms with E-state index in [0.29, 0.717) is 0 Å². The molecule has 0 saturated carbocycles. The van der Waals surface area contributed by atoms with Crippen molar-refractivity contribution in [1.82, 2.24) is 5.16 Å². The van der Waals surface area contributed by atoms with Crippen molar-refractivity contribution >= 4 is 29.4 Å². The Labute approximate surface area is 181 Å². The first-order valence-corrected chi connectivity index (χ1v) is 9.08. The Morgan fingerprint density at radius 1 is 0.781 bits per heavy atom. The average Bonchev–Trinajstić information content (AvgIpc) is 3.28. The SMILES string of the molecule is COC(=O)c1onc(/C(=N\OC(=O)c2ccccc2)C(=O)c2ccccc2)c1C(=O)OC. The summed E-state index contributed by atoms with van der Waals surface area (Å²) in [6, 6.07) is 15.8. The molecular formula is C22H16N2O8. The van der Waals surface area contributed by atoms with Gasteiger partial charge >= 0.3 is 17.9 Å². The summed E-state index contributed by atoms with van der Waals surface area (Å²) >= 11 is 0. The average molecular weight is 436 g/mol. The van der Waals surface area contributed by atoms with Gasteiger partial charge in [0, 0.05) is 5.56 Å². The molecule has 3 aromatic rings. The molecule has 0 N–H and O–H groups in total. The third-order valence-corrected chi connectivity index (χ3v) is 4.16. The van der Waals surface area contributed by atoms with Crippen LogP contribution < -0.4 is 0 Å². The summed E-state index contributed by atoms with van der Waals surface area (Å²) in [6.07, 6.45) is 0. The minimum atomic E-state index is -1.04. The molecule has 10 nitrogen and oxygen atoms in total. The second-order valence-electron chi connectivity index (χ2n) is 6.10. The smallest absolute Gasteiger partial charge is 0.377 e. The van der Waals surface area contributed by atoms with Crippen LogP contribution in [-0.4, -0.2) is 48.8 Å². The lowest BCUT2D eigenvalue weighted by molar-refractivity contribution is 0.0513. The van der Waals surface area contributed by atoms with E-state index >= 15 is 0 Å². The molecule has 10 heteroatoms. The van der Waals surface area contributed by atoms with Crippen LogP contribution in [0.2, 0.25) is 0 Å². The van der Waals surface area contributed by atoms with Crippen LogP contribution in [0.3, 0.4) is 0 Å². The third-order valence-electron chi connectivity index (χ3n) is 4.16. The lowest BCUT2D eigenvalue weighted by Crippen LogP contribution is -2.22. The fourth-order valence-corrected chi connectivity index (χ4v) is 2.61. The number of aromatic nitrogens is 1. The first-order chi connectivity index (χ1) is 15.5. The highest BCUT2D eigenvalue weighted by Gasteiger charge is 2.35. The number of ketones is 1. The molecule has 0 atom stereocenters. The van der Waals surface area contributed by atoms with Crippen LogP contribution in [0, 0.1) is 0 Å². The monoisotopic (exact) mass is 436 g/mol. The molecule has 2 aromatic carbocycles. The van der Waals surface area contributed by atoms with Crippen molar-refractivity contribution in [3.8, 4) is 0 Å². The second kappa shape index (κ2) is 9.94. The molecule has 1 heterocycles. The Bertz CT molecular complexity index is 1180. The van der Waals surface area contributed by atoms with Gasteiger partial charge in [0.15, 0.2) is 11.4 Å². The zero-order valence-electron chi connectivity index (χ0n) is 16.9. The van der Waals surface area contributed by atoms with Crippen LogP contribution in [0.15, 0.2) is 70.3 Å². The van der Waals surface area contributed by atoms with Gasteiger partial charge in [-0.1, -0.05) is 58.8 Å². The minimum Gasteiger partial charge on any atom is -0.465 e. The highest BCUT2D eigenvalue weighted by atomic mass is 16.7. The molecule has 1 aromatic heterocycles. The summed E-state index contributed by atoms with van der Waals surface area (Å²) in [7, 11) is 2.13. The van der Waals surface area contributed by atoms with Gasteiger partial charge in [-0.2, -0.15) is 0 Å². The Balaban J connectivity index is 2.12. The topological polar surface area (TPSA) is 134 Å². The maximum absolute atomic E-state index is 13.1. The van der Waals surface area contributed by atoms with Crippen LogP contribution in [0.25, 0.3) is 0 Å². The van der Waals surface area contributed by atoms with Gasteiger partial charge in [-0.05, 0) is 12.1 Å². The molecular weight excluding hydrogens is 420 g/mol. The predicted octanol–water partition coefficient (Wildman–Crippen LogP) is 2.69. The molecule has 0 aliphatic rings. The van der Waals surface area contributed by atoms with Gasteiger partial charge in [-0.3, -0.25) is 4.79 Å². The van der Waals surface area contributed by atoms with Crippen LogP contribution in [0.5, 0.6) is 0 Å². The third kappa shape index (κ3) is 4.59. The summed E-state index contributed by atoms with van der Waals surface area (Å²) in [5.41, 5.74) is -1.18. The van der Waals surface area contributed by atoms with E-state index in [9.17, 15) is 19.2 Å². The lowest BCUT2D eigenvalue weighted by Gasteiger charge is -2.05. The number of methoxy groups -OCH3 is 2. The molecule has 0 aliphatic carbocycles. The van der Waals surface area contributed by atoms with Gasteiger partial charge in [-0.25, -0.2) is 14.4 Å². The lowest BCUT2D eigenvalue weighted by atomic mass is 10.0. The molecule has 0 amide bonds. The molecule has 0 saturated heterocycles. The number of esters is 2. The highest BCUT2D eigenvalue weighted by molar-refractivity contribution is 6.51. The van der Waals surface area contributed by atoms with Gasteiger partial charge in [0.2, 0.25) is 5.78 Å². The molecule has 0 bridgehead atoms. The molecule has 3 rings (SSSR count). The van der Waals surface area contributed by atoms with Gasteiger partial charge in [0.25, 0.3) is 5.76 Å². The zero-order chi connectivity index (χ0) is 23.1. The fraction of sp³-hybridized carbons (Fsp3) is 0.0909. The molecule has 0 radical (unpaired) electrons. The van der Waals surface area contributed by atoms with E-state index in [1.807, 2.05) is 0 Å². The summed E-state index contributed by atoms with van der Waals surface area (Å²) in [5, 5.41) is 7.29. The predicted molar refractivity (Wildman–Crippen MR) is 108 cm³/mol. The Kier molecular flexibility index (Phi) is 6.86. The van der Waals surface area contributed by atoms with Crippen molar-refractivity contribution < 1.29 is 38.0 Å². The van der Waals surface area contributed by atoms with E-state index in [-0.39, 0.29) is 11.1 Å². The number of benzene rings is 2. The number of oxime groups is 1. The quantitative estimate of drug-likeness (QED) is 0.180. The van der Waals surface area contributed by atoms with E-state index in [1.54, 1.807) is 36.4 Å². The zero-order valence-corrected chi connectivity index (χ0v) is 16.9. The number of carbonyl (C=O) groups excluding carboxylic acids is 4. The van der Waals surface area contributed by atoms with E-state index in [4.69, 9.17) is 9.36 Å². The van der Waals surface area contributed by atoms with Crippen LogP contribution in [0.4, 0.5) is 0 Å². The number of hydrogen-bond acceptors (Lipinski definition) is 10. The first kappa shape index (κ1) is 22.1. The molecule has 162 valence electrons. The molecule has 32 heavy (non-hydrogen) atoms. The van der Waals surface area contributed by atoms with Crippen LogP contribution in [0.1, 0.15) is 47.3 Å². The summed E-state index contributed by atoms with van der Waals surface area (Å²) < 4.78 is 14.2.